The number of aryl methyl sites for hydroxylation is 1. The molecule has 0 aliphatic rings. The van der Waals surface area contributed by atoms with Crippen LogP contribution in [0.15, 0.2) is 42.5 Å². The van der Waals surface area contributed by atoms with E-state index < -0.39 is 41.4 Å². The summed E-state index contributed by atoms with van der Waals surface area (Å²) in [7, 11) is 1.34. The summed E-state index contributed by atoms with van der Waals surface area (Å²) in [6.45, 7) is 3.14. The zero-order valence-corrected chi connectivity index (χ0v) is 18.4. The van der Waals surface area contributed by atoms with E-state index in [1.54, 1.807) is 6.92 Å². The fraction of sp³-hybridized carbons (Fsp3) is 0.208. The van der Waals surface area contributed by atoms with Gasteiger partial charge in [-0.3, -0.25) is 4.79 Å². The van der Waals surface area contributed by atoms with Crippen molar-refractivity contribution in [1.82, 2.24) is 15.1 Å². The van der Waals surface area contributed by atoms with Gasteiger partial charge < -0.3 is 15.2 Å². The van der Waals surface area contributed by atoms with Crippen molar-refractivity contribution in [3.05, 3.63) is 76.2 Å². The molecule has 0 fully saturated rings. The molecule has 0 bridgehead atoms. The molecule has 34 heavy (non-hydrogen) atoms. The summed E-state index contributed by atoms with van der Waals surface area (Å²) in [5, 5.41) is 15.3. The summed E-state index contributed by atoms with van der Waals surface area (Å²) in [5.74, 6) is 2.39. The van der Waals surface area contributed by atoms with Crippen molar-refractivity contribution in [2.24, 2.45) is 7.05 Å². The molecule has 1 heterocycles. The van der Waals surface area contributed by atoms with E-state index in [0.29, 0.717) is 5.56 Å². The number of nitrogens with zero attached hydrogens (tertiary/aromatic N) is 2. The van der Waals surface area contributed by atoms with Crippen LogP contribution in [-0.2, 0) is 7.05 Å². The van der Waals surface area contributed by atoms with Crippen molar-refractivity contribution in [1.29, 1.82) is 0 Å². The van der Waals surface area contributed by atoms with Gasteiger partial charge in [0.15, 0.2) is 0 Å². The van der Waals surface area contributed by atoms with Crippen LogP contribution in [-0.4, -0.2) is 26.8 Å². The number of carbonyl (C=O) groups is 2. The molecule has 0 spiro atoms. The predicted molar refractivity (Wildman–Crippen MR) is 116 cm³/mol. The molecule has 1 atom stereocenters. The van der Waals surface area contributed by atoms with Crippen LogP contribution in [0.3, 0.4) is 0 Å². The smallest absolute Gasteiger partial charge is 0.335 e. The Morgan fingerprint density at radius 1 is 1.18 bits per heavy atom. The highest BCUT2D eigenvalue weighted by Gasteiger charge is 2.30. The number of carboxylic acid groups (broad SMARTS) is 1. The van der Waals surface area contributed by atoms with Crippen molar-refractivity contribution in [2.45, 2.75) is 26.3 Å². The van der Waals surface area contributed by atoms with Crippen LogP contribution < -0.4 is 10.1 Å². The summed E-state index contributed by atoms with van der Waals surface area (Å²) in [6, 6.07) is 8.79. The molecule has 10 heteroatoms. The molecule has 1 aromatic heterocycles. The Morgan fingerprint density at radius 2 is 1.85 bits per heavy atom. The Labute approximate surface area is 193 Å². The second-order valence-corrected chi connectivity index (χ2v) is 7.23. The molecule has 3 rings (SSSR count). The normalized spacial score (nSPS) is 11.5. The first kappa shape index (κ1) is 24.4. The number of amides is 1. The van der Waals surface area contributed by atoms with E-state index in [2.05, 4.69) is 22.3 Å². The molecule has 0 saturated heterocycles. The van der Waals surface area contributed by atoms with Gasteiger partial charge in [-0.25, -0.2) is 22.6 Å². The predicted octanol–water partition coefficient (Wildman–Crippen LogP) is 4.85. The molecule has 3 aromatic rings. The molecule has 0 unspecified atom stereocenters. The van der Waals surface area contributed by atoms with Gasteiger partial charge in [-0.05, 0) is 49.7 Å². The molecular formula is C24H20F3N3O4. The van der Waals surface area contributed by atoms with Gasteiger partial charge in [-0.1, -0.05) is 18.1 Å². The van der Waals surface area contributed by atoms with Crippen LogP contribution in [0, 0.1) is 17.7 Å². The van der Waals surface area contributed by atoms with Crippen LogP contribution in [0.1, 0.15) is 63.9 Å². The van der Waals surface area contributed by atoms with Gasteiger partial charge in [0.05, 0.1) is 17.2 Å². The highest BCUT2D eigenvalue weighted by molar-refractivity contribution is 5.98. The van der Waals surface area contributed by atoms with E-state index in [0.717, 1.165) is 10.7 Å². The number of nitrogens with one attached hydrogen (secondary N) is 1. The number of halogens is 3. The number of alkyl halides is 2. The van der Waals surface area contributed by atoms with Gasteiger partial charge in [0.1, 0.15) is 22.8 Å². The van der Waals surface area contributed by atoms with Gasteiger partial charge >= 0.3 is 5.97 Å². The second kappa shape index (κ2) is 10.1. The van der Waals surface area contributed by atoms with Crippen LogP contribution in [0.4, 0.5) is 13.2 Å². The van der Waals surface area contributed by atoms with E-state index in [1.807, 2.05) is 0 Å². The molecule has 2 aromatic carbocycles. The number of aromatic carboxylic acids is 1. The lowest BCUT2D eigenvalue weighted by molar-refractivity contribution is 0.0696. The average molecular weight is 471 g/mol. The average Bonchev–Trinajstić information content (AvgIpc) is 3.12. The molecule has 2 N–H and O–H groups in total. The number of benzene rings is 2. The lowest BCUT2D eigenvalue weighted by Gasteiger charge is -2.16. The Balaban J connectivity index is 1.93. The third-order valence-electron chi connectivity index (χ3n) is 4.87. The minimum absolute atomic E-state index is 0.0423. The van der Waals surface area contributed by atoms with Crippen molar-refractivity contribution < 1.29 is 32.6 Å². The first-order valence-corrected chi connectivity index (χ1v) is 10.0. The SMILES string of the molecule is CC#Cc1cc(Oc2c(C(=O)N[C@@H](C)c3ccc(C(=O)O)cc3)c(C(F)F)nn2C)ccc1F. The van der Waals surface area contributed by atoms with Gasteiger partial charge in [0, 0.05) is 7.05 Å². The number of carbonyl (C=O) groups excluding carboxylic acids is 1. The Hall–Kier alpha value is -4.26. The Kier molecular flexibility index (Phi) is 7.26. The maximum Gasteiger partial charge on any atom is 0.335 e. The zero-order chi connectivity index (χ0) is 25.0. The molecule has 7 nitrogen and oxygen atoms in total. The first-order chi connectivity index (χ1) is 16.1. The van der Waals surface area contributed by atoms with Crippen molar-refractivity contribution in [3.8, 4) is 23.5 Å². The molecule has 0 aliphatic heterocycles. The van der Waals surface area contributed by atoms with E-state index in [-0.39, 0.29) is 22.8 Å². The Bertz CT molecular complexity index is 1290. The standard InChI is InChI=1S/C24H20F3N3O4/c1-4-5-16-12-17(10-11-18(16)25)34-23-19(20(21(26)27)29-30(23)3)22(31)28-13(2)14-6-8-15(9-7-14)24(32)33/h6-13,21H,1-3H3,(H,28,31)(H,32,33)/t13-/m0/s1. The summed E-state index contributed by atoms with van der Waals surface area (Å²) < 4.78 is 47.9. The minimum atomic E-state index is -3.07. The minimum Gasteiger partial charge on any atom is -0.478 e. The van der Waals surface area contributed by atoms with Crippen LogP contribution in [0.2, 0.25) is 0 Å². The number of rotatable bonds is 7. The molecular weight excluding hydrogens is 451 g/mol. The van der Waals surface area contributed by atoms with E-state index in [4.69, 9.17) is 9.84 Å². The fourth-order valence-electron chi connectivity index (χ4n) is 3.19. The number of hydrogen-bond acceptors (Lipinski definition) is 4. The van der Waals surface area contributed by atoms with Crippen molar-refractivity contribution in [2.75, 3.05) is 0 Å². The maximum absolute atomic E-state index is 13.9. The van der Waals surface area contributed by atoms with Gasteiger partial charge in [-0.15, -0.1) is 5.92 Å². The van der Waals surface area contributed by atoms with Crippen LogP contribution >= 0.6 is 0 Å². The van der Waals surface area contributed by atoms with E-state index in [9.17, 15) is 22.8 Å². The highest BCUT2D eigenvalue weighted by atomic mass is 19.3. The fourth-order valence-corrected chi connectivity index (χ4v) is 3.19. The quantitative estimate of drug-likeness (QED) is 0.481. The van der Waals surface area contributed by atoms with E-state index >= 15 is 0 Å². The largest absolute Gasteiger partial charge is 0.478 e. The molecule has 0 radical (unpaired) electrons. The van der Waals surface area contributed by atoms with E-state index in [1.165, 1.54) is 50.4 Å². The number of hydrogen-bond donors (Lipinski definition) is 2. The lowest BCUT2D eigenvalue weighted by Crippen LogP contribution is -2.27. The number of aromatic nitrogens is 2. The van der Waals surface area contributed by atoms with Crippen LogP contribution in [0.25, 0.3) is 0 Å². The number of carboxylic acids is 1. The molecule has 176 valence electrons. The van der Waals surface area contributed by atoms with Gasteiger partial charge in [0.25, 0.3) is 12.3 Å². The zero-order valence-electron chi connectivity index (χ0n) is 18.4. The monoisotopic (exact) mass is 471 g/mol. The van der Waals surface area contributed by atoms with Crippen LogP contribution in [0.5, 0.6) is 11.6 Å². The van der Waals surface area contributed by atoms with Gasteiger partial charge in [0.2, 0.25) is 5.88 Å². The third-order valence-corrected chi connectivity index (χ3v) is 4.87. The topological polar surface area (TPSA) is 93.4 Å². The highest BCUT2D eigenvalue weighted by Crippen LogP contribution is 2.33. The first-order valence-electron chi connectivity index (χ1n) is 10.0. The Morgan fingerprint density at radius 3 is 2.44 bits per heavy atom. The second-order valence-electron chi connectivity index (χ2n) is 7.23. The third kappa shape index (κ3) is 5.20. The molecule has 0 saturated carbocycles. The maximum atomic E-state index is 13.9. The summed E-state index contributed by atoms with van der Waals surface area (Å²) in [5.41, 5.74) is -0.583. The lowest BCUT2D eigenvalue weighted by atomic mass is 10.1. The number of ether oxygens (including phenoxy) is 1. The van der Waals surface area contributed by atoms with Gasteiger partial charge in [-0.2, -0.15) is 5.10 Å². The van der Waals surface area contributed by atoms with Crippen molar-refractivity contribution >= 4 is 11.9 Å². The summed E-state index contributed by atoms with van der Waals surface area (Å²) in [4.78, 5) is 24.0. The summed E-state index contributed by atoms with van der Waals surface area (Å²) in [6.07, 6.45) is -3.07. The molecule has 1 amide bonds. The molecule has 0 aliphatic carbocycles. The van der Waals surface area contributed by atoms with Crippen molar-refractivity contribution in [3.63, 3.8) is 0 Å². The summed E-state index contributed by atoms with van der Waals surface area (Å²) >= 11 is 0.